The van der Waals surface area contributed by atoms with Gasteiger partial charge in [-0.1, -0.05) is 42.5 Å². The largest absolute Gasteiger partial charge is 0.383 e. The molecule has 0 aliphatic carbocycles. The van der Waals surface area contributed by atoms with Crippen LogP contribution in [-0.4, -0.2) is 55.7 Å². The lowest BCUT2D eigenvalue weighted by atomic mass is 10.1. The maximum absolute atomic E-state index is 10.8. The number of nitrogens with one attached hydrogen (secondary N) is 2. The van der Waals surface area contributed by atoms with E-state index in [-0.39, 0.29) is 11.7 Å². The average molecular weight is 426 g/mol. The number of rotatable bonds is 10. The monoisotopic (exact) mass is 425 g/mol. The Morgan fingerprint density at radius 3 is 2.48 bits per heavy atom. The molecular formula is C23H31N5O3. The molecule has 1 fully saturated rings. The van der Waals surface area contributed by atoms with Crippen molar-refractivity contribution in [3.05, 3.63) is 75.8 Å². The third-order valence-corrected chi connectivity index (χ3v) is 5.39. The summed E-state index contributed by atoms with van der Waals surface area (Å²) in [6.07, 6.45) is 2.47. The van der Waals surface area contributed by atoms with Gasteiger partial charge in [0.1, 0.15) is 0 Å². The van der Waals surface area contributed by atoms with E-state index in [1.54, 1.807) is 19.2 Å². The molecule has 2 aromatic carbocycles. The van der Waals surface area contributed by atoms with Crippen molar-refractivity contribution in [2.24, 2.45) is 4.99 Å². The Balaban J connectivity index is 1.68. The van der Waals surface area contributed by atoms with Gasteiger partial charge in [0.05, 0.1) is 24.1 Å². The molecule has 0 aromatic heterocycles. The second kappa shape index (κ2) is 12.0. The second-order valence-electron chi connectivity index (χ2n) is 7.56. The van der Waals surface area contributed by atoms with Crippen molar-refractivity contribution < 1.29 is 9.66 Å². The summed E-state index contributed by atoms with van der Waals surface area (Å²) in [5.74, 6) is 0.704. The van der Waals surface area contributed by atoms with Gasteiger partial charge in [0.2, 0.25) is 0 Å². The van der Waals surface area contributed by atoms with Crippen molar-refractivity contribution in [3.63, 3.8) is 0 Å². The van der Waals surface area contributed by atoms with Crippen LogP contribution in [-0.2, 0) is 11.3 Å². The van der Waals surface area contributed by atoms with E-state index in [0.29, 0.717) is 25.7 Å². The van der Waals surface area contributed by atoms with Crippen molar-refractivity contribution in [2.75, 3.05) is 39.9 Å². The van der Waals surface area contributed by atoms with Crippen LogP contribution >= 0.6 is 0 Å². The quantitative estimate of drug-likeness (QED) is 0.200. The minimum atomic E-state index is -0.394. The van der Waals surface area contributed by atoms with E-state index in [9.17, 15) is 10.1 Å². The summed E-state index contributed by atoms with van der Waals surface area (Å²) in [4.78, 5) is 17.7. The molecule has 166 valence electrons. The minimum absolute atomic E-state index is 0.0839. The maximum atomic E-state index is 10.8. The van der Waals surface area contributed by atoms with E-state index < -0.39 is 4.92 Å². The molecule has 1 saturated heterocycles. The number of ether oxygens (including phenoxy) is 1. The van der Waals surface area contributed by atoms with Crippen LogP contribution in [0.1, 0.15) is 30.0 Å². The Hall–Kier alpha value is -2.97. The predicted molar refractivity (Wildman–Crippen MR) is 122 cm³/mol. The van der Waals surface area contributed by atoms with Gasteiger partial charge < -0.3 is 15.4 Å². The highest BCUT2D eigenvalue weighted by Crippen LogP contribution is 2.24. The van der Waals surface area contributed by atoms with Crippen molar-refractivity contribution >= 4 is 11.6 Å². The number of aliphatic imine (C=N–C) groups is 1. The number of likely N-dealkylation sites (tertiary alicyclic amines) is 1. The Morgan fingerprint density at radius 2 is 1.84 bits per heavy atom. The lowest BCUT2D eigenvalue weighted by molar-refractivity contribution is -0.384. The molecule has 8 nitrogen and oxygen atoms in total. The maximum Gasteiger partial charge on any atom is 0.269 e. The first kappa shape index (κ1) is 22.7. The number of nitro benzene ring substituents is 1. The van der Waals surface area contributed by atoms with E-state index in [2.05, 4.69) is 44.8 Å². The van der Waals surface area contributed by atoms with Crippen LogP contribution in [0.5, 0.6) is 0 Å². The molecule has 0 spiro atoms. The summed E-state index contributed by atoms with van der Waals surface area (Å²) in [5, 5.41) is 17.6. The molecule has 8 heteroatoms. The van der Waals surface area contributed by atoms with Crippen molar-refractivity contribution in [2.45, 2.75) is 25.4 Å². The van der Waals surface area contributed by atoms with E-state index in [1.807, 2.05) is 6.07 Å². The van der Waals surface area contributed by atoms with Gasteiger partial charge in [-0.05, 0) is 37.1 Å². The van der Waals surface area contributed by atoms with Crippen LogP contribution in [0.3, 0.4) is 0 Å². The zero-order chi connectivity index (χ0) is 21.9. The molecule has 1 aliphatic rings. The normalized spacial score (nSPS) is 15.6. The van der Waals surface area contributed by atoms with Crippen LogP contribution in [0.2, 0.25) is 0 Å². The number of nitro groups is 1. The lowest BCUT2D eigenvalue weighted by Crippen LogP contribution is -2.43. The summed E-state index contributed by atoms with van der Waals surface area (Å²) in [6.45, 7) is 4.60. The van der Waals surface area contributed by atoms with E-state index in [4.69, 9.17) is 4.74 Å². The molecular weight excluding hydrogens is 394 g/mol. The van der Waals surface area contributed by atoms with Crippen LogP contribution in [0.15, 0.2) is 59.6 Å². The first-order chi connectivity index (χ1) is 15.2. The molecule has 1 unspecified atom stereocenters. The van der Waals surface area contributed by atoms with E-state index in [1.165, 1.54) is 30.5 Å². The SMILES string of the molecule is COCCNC(=NCc1ccc([N+](=O)[O-])cc1)NCC(c1ccccc1)N1CCCC1. The zero-order valence-corrected chi connectivity index (χ0v) is 18.0. The Bertz CT molecular complexity index is 836. The summed E-state index contributed by atoms with van der Waals surface area (Å²) in [6, 6.07) is 17.3. The van der Waals surface area contributed by atoms with Crippen LogP contribution < -0.4 is 10.6 Å². The van der Waals surface area contributed by atoms with Gasteiger partial charge in [0.25, 0.3) is 5.69 Å². The second-order valence-corrected chi connectivity index (χ2v) is 7.56. The number of non-ortho nitro benzene ring substituents is 1. The molecule has 2 N–H and O–H groups in total. The highest BCUT2D eigenvalue weighted by atomic mass is 16.6. The zero-order valence-electron chi connectivity index (χ0n) is 18.0. The molecule has 1 heterocycles. The van der Waals surface area contributed by atoms with Crippen molar-refractivity contribution in [1.82, 2.24) is 15.5 Å². The van der Waals surface area contributed by atoms with Gasteiger partial charge in [-0.25, -0.2) is 4.99 Å². The highest BCUT2D eigenvalue weighted by molar-refractivity contribution is 5.79. The van der Waals surface area contributed by atoms with Crippen LogP contribution in [0.25, 0.3) is 0 Å². The predicted octanol–water partition coefficient (Wildman–Crippen LogP) is 3.11. The first-order valence-corrected chi connectivity index (χ1v) is 10.7. The lowest BCUT2D eigenvalue weighted by Gasteiger charge is -2.29. The van der Waals surface area contributed by atoms with Gasteiger partial charge in [0.15, 0.2) is 5.96 Å². The van der Waals surface area contributed by atoms with Gasteiger partial charge in [-0.15, -0.1) is 0 Å². The Labute approximate surface area is 183 Å². The average Bonchev–Trinajstić information content (AvgIpc) is 3.33. The first-order valence-electron chi connectivity index (χ1n) is 10.7. The van der Waals surface area contributed by atoms with Gasteiger partial charge >= 0.3 is 0 Å². The fourth-order valence-electron chi connectivity index (χ4n) is 3.72. The summed E-state index contributed by atoms with van der Waals surface area (Å²) >= 11 is 0. The van der Waals surface area contributed by atoms with Gasteiger partial charge in [0, 0.05) is 32.3 Å². The van der Waals surface area contributed by atoms with Crippen molar-refractivity contribution in [3.8, 4) is 0 Å². The summed E-state index contributed by atoms with van der Waals surface area (Å²) in [5.41, 5.74) is 2.29. The third-order valence-electron chi connectivity index (χ3n) is 5.39. The Morgan fingerprint density at radius 1 is 1.13 bits per heavy atom. The fourth-order valence-corrected chi connectivity index (χ4v) is 3.72. The van der Waals surface area contributed by atoms with Crippen LogP contribution in [0, 0.1) is 10.1 Å². The van der Waals surface area contributed by atoms with Gasteiger partial charge in [-0.3, -0.25) is 15.0 Å². The van der Waals surface area contributed by atoms with Gasteiger partial charge in [-0.2, -0.15) is 0 Å². The molecule has 1 aliphatic heterocycles. The number of nitrogens with zero attached hydrogens (tertiary/aromatic N) is 3. The van der Waals surface area contributed by atoms with Crippen LogP contribution in [0.4, 0.5) is 5.69 Å². The molecule has 0 saturated carbocycles. The van der Waals surface area contributed by atoms with Crippen molar-refractivity contribution in [1.29, 1.82) is 0 Å². The molecule has 0 bridgehead atoms. The summed E-state index contributed by atoms with van der Waals surface area (Å²) in [7, 11) is 1.67. The molecule has 1 atom stereocenters. The third kappa shape index (κ3) is 7.04. The molecule has 3 rings (SSSR count). The topological polar surface area (TPSA) is 92.0 Å². The number of hydrogen-bond donors (Lipinski definition) is 2. The number of benzene rings is 2. The molecule has 0 amide bonds. The Kier molecular flexibility index (Phi) is 8.81. The van der Waals surface area contributed by atoms with E-state index >= 15 is 0 Å². The minimum Gasteiger partial charge on any atom is -0.383 e. The standard InChI is InChI=1S/C23H31N5O3/c1-31-16-13-24-23(25-17-19-9-11-21(12-10-19)28(29)30)26-18-22(27-14-5-6-15-27)20-7-3-2-4-8-20/h2-4,7-12,22H,5-6,13-18H2,1H3,(H2,24,25,26). The summed E-state index contributed by atoms with van der Waals surface area (Å²) < 4.78 is 5.15. The number of guanidine groups is 1. The number of methoxy groups -OCH3 is 1. The highest BCUT2D eigenvalue weighted by Gasteiger charge is 2.23. The molecule has 2 aromatic rings. The number of hydrogen-bond acceptors (Lipinski definition) is 5. The van der Waals surface area contributed by atoms with E-state index in [0.717, 1.165) is 25.2 Å². The smallest absolute Gasteiger partial charge is 0.269 e. The fraction of sp³-hybridized carbons (Fsp3) is 0.435. The molecule has 31 heavy (non-hydrogen) atoms. The molecule has 0 radical (unpaired) electrons.